The molecule has 0 aromatic heterocycles. The van der Waals surface area contributed by atoms with Crippen molar-refractivity contribution in [3.63, 3.8) is 0 Å². The summed E-state index contributed by atoms with van der Waals surface area (Å²) in [6, 6.07) is 1.39. The summed E-state index contributed by atoms with van der Waals surface area (Å²) < 4.78 is 0. The second-order valence-corrected chi connectivity index (χ2v) is 5.92. The number of nitrogens with one attached hydrogen (secondary N) is 1. The number of carboxylic acids is 1. The van der Waals surface area contributed by atoms with Crippen LogP contribution in [0, 0.1) is 16.7 Å². The first-order chi connectivity index (χ1) is 8.28. The van der Waals surface area contributed by atoms with Gasteiger partial charge in [0.05, 0.1) is 11.5 Å². The molecule has 1 amide bonds. The third kappa shape index (κ3) is 7.96. The van der Waals surface area contributed by atoms with Gasteiger partial charge in [0.25, 0.3) is 0 Å². The maximum atomic E-state index is 10.8. The molecule has 0 fully saturated rings. The van der Waals surface area contributed by atoms with Gasteiger partial charge in [-0.05, 0) is 32.4 Å². The Bertz CT molecular complexity index is 337. The number of thioether (sulfide) groups is 1. The highest BCUT2D eigenvalue weighted by atomic mass is 32.2. The number of aliphatic carboxylic acids is 1. The van der Waals surface area contributed by atoms with Crippen LogP contribution in [0.4, 0.5) is 0 Å². The average molecular weight is 272 g/mol. The summed E-state index contributed by atoms with van der Waals surface area (Å²) in [6.07, 6.45) is 1.64. The smallest absolute Gasteiger partial charge is 0.327 e. The minimum absolute atomic E-state index is 0.329. The number of hydrogen-bond acceptors (Lipinski definition) is 4. The minimum Gasteiger partial charge on any atom is -0.480 e. The Morgan fingerprint density at radius 1 is 1.50 bits per heavy atom. The number of carbonyl (C=O) groups excluding carboxylic acids is 1. The third-order valence-corrected chi connectivity index (χ3v) is 3.50. The van der Waals surface area contributed by atoms with Crippen LogP contribution < -0.4 is 5.32 Å². The SMILES string of the molecule is CC(=O)NC(CSCCCC(C)(C)C#N)C(=O)O. The summed E-state index contributed by atoms with van der Waals surface area (Å²) in [5, 5.41) is 20.1. The fourth-order valence-corrected chi connectivity index (χ4v) is 2.27. The Morgan fingerprint density at radius 2 is 2.11 bits per heavy atom. The van der Waals surface area contributed by atoms with Crippen molar-refractivity contribution in [1.29, 1.82) is 5.26 Å². The zero-order valence-electron chi connectivity index (χ0n) is 11.0. The summed E-state index contributed by atoms with van der Waals surface area (Å²) in [6.45, 7) is 5.07. The van der Waals surface area contributed by atoms with Gasteiger partial charge >= 0.3 is 5.97 Å². The fourth-order valence-electron chi connectivity index (χ4n) is 1.29. The molecule has 102 valence electrons. The maximum absolute atomic E-state index is 10.8. The molecule has 0 saturated heterocycles. The third-order valence-electron chi connectivity index (χ3n) is 2.35. The van der Waals surface area contributed by atoms with Crippen LogP contribution in [-0.4, -0.2) is 34.5 Å². The molecule has 0 aliphatic rings. The van der Waals surface area contributed by atoms with Crippen LogP contribution in [-0.2, 0) is 9.59 Å². The Labute approximate surface area is 112 Å². The van der Waals surface area contributed by atoms with Gasteiger partial charge in [-0.2, -0.15) is 17.0 Å². The van der Waals surface area contributed by atoms with E-state index in [0.717, 1.165) is 18.6 Å². The molecule has 0 radical (unpaired) electrons. The van der Waals surface area contributed by atoms with Crippen LogP contribution in [0.2, 0.25) is 0 Å². The molecule has 0 aliphatic carbocycles. The van der Waals surface area contributed by atoms with Gasteiger partial charge in [0, 0.05) is 12.7 Å². The first kappa shape index (κ1) is 16.8. The standard InChI is InChI=1S/C12H20N2O3S/c1-9(15)14-10(11(16)17)7-18-6-4-5-12(2,3)8-13/h10H,4-7H2,1-3H3,(H,14,15)(H,16,17). The maximum Gasteiger partial charge on any atom is 0.327 e. The number of nitriles is 1. The van der Waals surface area contributed by atoms with E-state index in [9.17, 15) is 9.59 Å². The topological polar surface area (TPSA) is 90.2 Å². The van der Waals surface area contributed by atoms with Gasteiger partial charge in [-0.3, -0.25) is 4.79 Å². The van der Waals surface area contributed by atoms with Crippen molar-refractivity contribution in [3.05, 3.63) is 0 Å². The number of hydrogen-bond donors (Lipinski definition) is 2. The highest BCUT2D eigenvalue weighted by Crippen LogP contribution is 2.22. The molecule has 1 unspecified atom stereocenters. The van der Waals surface area contributed by atoms with Gasteiger partial charge < -0.3 is 10.4 Å². The summed E-state index contributed by atoms with van der Waals surface area (Å²) >= 11 is 1.48. The highest BCUT2D eigenvalue weighted by Gasteiger charge is 2.19. The summed E-state index contributed by atoms with van der Waals surface area (Å²) in [5.41, 5.74) is -0.329. The fraction of sp³-hybridized carbons (Fsp3) is 0.750. The van der Waals surface area contributed by atoms with E-state index < -0.39 is 12.0 Å². The number of carbonyl (C=O) groups is 2. The predicted molar refractivity (Wildman–Crippen MR) is 71.2 cm³/mol. The summed E-state index contributed by atoms with van der Waals surface area (Å²) in [5.74, 6) is -0.222. The Morgan fingerprint density at radius 3 is 2.56 bits per heavy atom. The second kappa shape index (κ2) is 7.98. The molecule has 0 spiro atoms. The zero-order valence-corrected chi connectivity index (χ0v) is 11.8. The monoisotopic (exact) mass is 272 g/mol. The first-order valence-corrected chi connectivity index (χ1v) is 6.93. The quantitative estimate of drug-likeness (QED) is 0.655. The van der Waals surface area contributed by atoms with E-state index in [4.69, 9.17) is 10.4 Å². The van der Waals surface area contributed by atoms with Crippen molar-refractivity contribution in [2.24, 2.45) is 5.41 Å². The average Bonchev–Trinajstić information content (AvgIpc) is 2.26. The van der Waals surface area contributed by atoms with Crippen molar-refractivity contribution >= 4 is 23.6 Å². The lowest BCUT2D eigenvalue weighted by Crippen LogP contribution is -2.41. The van der Waals surface area contributed by atoms with E-state index in [1.165, 1.54) is 18.7 Å². The minimum atomic E-state index is -1.02. The van der Waals surface area contributed by atoms with Gasteiger partial charge in [0.1, 0.15) is 6.04 Å². The van der Waals surface area contributed by atoms with Crippen LogP contribution in [0.1, 0.15) is 33.6 Å². The first-order valence-electron chi connectivity index (χ1n) is 5.77. The number of amides is 1. The lowest BCUT2D eigenvalue weighted by atomic mass is 9.90. The van der Waals surface area contributed by atoms with Gasteiger partial charge in [0.2, 0.25) is 5.91 Å². The van der Waals surface area contributed by atoms with Crippen LogP contribution >= 0.6 is 11.8 Å². The molecule has 0 heterocycles. The molecular weight excluding hydrogens is 252 g/mol. The Kier molecular flexibility index (Phi) is 7.44. The molecule has 0 rings (SSSR count). The van der Waals surface area contributed by atoms with Crippen LogP contribution in [0.5, 0.6) is 0 Å². The van der Waals surface area contributed by atoms with Crippen molar-refractivity contribution in [2.45, 2.75) is 39.7 Å². The van der Waals surface area contributed by atoms with E-state index in [0.29, 0.717) is 5.75 Å². The molecule has 0 saturated carbocycles. The number of carboxylic acid groups (broad SMARTS) is 1. The number of rotatable bonds is 8. The molecule has 5 nitrogen and oxygen atoms in total. The molecule has 0 bridgehead atoms. The Hall–Kier alpha value is -1.22. The highest BCUT2D eigenvalue weighted by molar-refractivity contribution is 7.99. The summed E-state index contributed by atoms with van der Waals surface area (Å²) in [7, 11) is 0. The van der Waals surface area contributed by atoms with E-state index in [2.05, 4.69) is 11.4 Å². The largest absolute Gasteiger partial charge is 0.480 e. The van der Waals surface area contributed by atoms with Gasteiger partial charge in [-0.15, -0.1) is 0 Å². The van der Waals surface area contributed by atoms with Crippen molar-refractivity contribution in [1.82, 2.24) is 5.32 Å². The molecule has 0 aliphatic heterocycles. The summed E-state index contributed by atoms with van der Waals surface area (Å²) in [4.78, 5) is 21.6. The normalized spacial score (nSPS) is 12.6. The van der Waals surface area contributed by atoms with Crippen LogP contribution in [0.15, 0.2) is 0 Å². The molecule has 6 heteroatoms. The molecule has 0 aromatic rings. The van der Waals surface area contributed by atoms with Crippen molar-refractivity contribution in [3.8, 4) is 6.07 Å². The zero-order chi connectivity index (χ0) is 14.2. The van der Waals surface area contributed by atoms with E-state index in [-0.39, 0.29) is 11.3 Å². The predicted octanol–water partition coefficient (Wildman–Crippen LogP) is 1.64. The van der Waals surface area contributed by atoms with E-state index >= 15 is 0 Å². The number of nitrogens with zero attached hydrogens (tertiary/aromatic N) is 1. The van der Waals surface area contributed by atoms with Crippen molar-refractivity contribution in [2.75, 3.05) is 11.5 Å². The van der Waals surface area contributed by atoms with Crippen LogP contribution in [0.3, 0.4) is 0 Å². The van der Waals surface area contributed by atoms with Gasteiger partial charge in [0.15, 0.2) is 0 Å². The van der Waals surface area contributed by atoms with Gasteiger partial charge in [-0.1, -0.05) is 0 Å². The lowest BCUT2D eigenvalue weighted by Gasteiger charge is -2.15. The molecular formula is C12H20N2O3S. The Balaban J connectivity index is 3.85. The van der Waals surface area contributed by atoms with E-state index in [1.807, 2.05) is 13.8 Å². The molecule has 2 N–H and O–H groups in total. The molecule has 1 atom stereocenters. The molecule has 0 aromatic carbocycles. The van der Waals surface area contributed by atoms with Gasteiger partial charge in [-0.25, -0.2) is 4.79 Å². The lowest BCUT2D eigenvalue weighted by molar-refractivity contribution is -0.140. The molecule has 18 heavy (non-hydrogen) atoms. The van der Waals surface area contributed by atoms with Crippen LogP contribution in [0.25, 0.3) is 0 Å². The second-order valence-electron chi connectivity index (χ2n) is 4.77. The van der Waals surface area contributed by atoms with E-state index in [1.54, 1.807) is 0 Å². The van der Waals surface area contributed by atoms with Crippen molar-refractivity contribution < 1.29 is 14.7 Å².